The molecule has 0 saturated carbocycles. The summed E-state index contributed by atoms with van der Waals surface area (Å²) in [6, 6.07) is 12.1. The van der Waals surface area contributed by atoms with Crippen molar-refractivity contribution in [2.45, 2.75) is 45.1 Å². The van der Waals surface area contributed by atoms with Crippen molar-refractivity contribution < 1.29 is 17.9 Å². The maximum Gasteiger partial charge on any atom is 0.240 e. The first-order chi connectivity index (χ1) is 13.2. The van der Waals surface area contributed by atoms with Crippen LogP contribution in [-0.4, -0.2) is 27.5 Å². The van der Waals surface area contributed by atoms with E-state index in [1.165, 1.54) is 12.1 Å². The Kier molecular flexibility index (Phi) is 7.60. The number of carbonyl (C=O) groups excluding carboxylic acids is 1. The van der Waals surface area contributed by atoms with Gasteiger partial charge in [-0.2, -0.15) is 0 Å². The Morgan fingerprint density at radius 3 is 2.43 bits per heavy atom. The van der Waals surface area contributed by atoms with E-state index in [-0.39, 0.29) is 29.8 Å². The molecule has 2 aromatic carbocycles. The molecule has 0 fully saturated rings. The van der Waals surface area contributed by atoms with Gasteiger partial charge in [0.1, 0.15) is 5.75 Å². The molecule has 1 unspecified atom stereocenters. The number of hydrogen-bond donors (Lipinski definition) is 2. The van der Waals surface area contributed by atoms with Crippen LogP contribution in [0, 0.1) is 13.8 Å². The van der Waals surface area contributed by atoms with E-state index in [4.69, 9.17) is 4.74 Å². The molecule has 0 bridgehead atoms. The van der Waals surface area contributed by atoms with Crippen LogP contribution in [0.1, 0.15) is 43.0 Å². The molecule has 0 aliphatic heterocycles. The van der Waals surface area contributed by atoms with Crippen LogP contribution < -0.4 is 14.8 Å². The van der Waals surface area contributed by atoms with Gasteiger partial charge in [-0.1, -0.05) is 23.8 Å². The molecule has 7 heteroatoms. The van der Waals surface area contributed by atoms with E-state index in [2.05, 4.69) is 16.1 Å². The third kappa shape index (κ3) is 6.07. The number of amides is 1. The quantitative estimate of drug-likeness (QED) is 0.672. The molecule has 0 heterocycles. The fraction of sp³-hybridized carbons (Fsp3) is 0.381. The maximum absolute atomic E-state index is 12.3. The van der Waals surface area contributed by atoms with Gasteiger partial charge in [-0.3, -0.25) is 4.79 Å². The largest absolute Gasteiger partial charge is 0.494 e. The predicted molar refractivity (Wildman–Crippen MR) is 110 cm³/mol. The Morgan fingerprint density at radius 1 is 1.11 bits per heavy atom. The first-order valence-corrected chi connectivity index (χ1v) is 10.8. The Morgan fingerprint density at radius 2 is 1.79 bits per heavy atom. The highest BCUT2D eigenvalue weighted by Gasteiger charge is 2.16. The van der Waals surface area contributed by atoms with Crippen molar-refractivity contribution in [3.8, 4) is 5.75 Å². The smallest absolute Gasteiger partial charge is 0.240 e. The van der Waals surface area contributed by atoms with E-state index in [1.54, 1.807) is 12.1 Å². The lowest BCUT2D eigenvalue weighted by atomic mass is 10.00. The third-order valence-electron chi connectivity index (χ3n) is 4.37. The molecule has 0 aliphatic rings. The molecule has 2 aromatic rings. The average molecular weight is 405 g/mol. The summed E-state index contributed by atoms with van der Waals surface area (Å²) < 4.78 is 32.4. The molecule has 2 N–H and O–H groups in total. The molecule has 152 valence electrons. The second-order valence-corrected chi connectivity index (χ2v) is 8.47. The van der Waals surface area contributed by atoms with Crippen LogP contribution in [0.25, 0.3) is 0 Å². The summed E-state index contributed by atoms with van der Waals surface area (Å²) in [6.07, 6.45) is 0.0610. The fourth-order valence-electron chi connectivity index (χ4n) is 2.88. The van der Waals surface area contributed by atoms with Crippen LogP contribution in [0.15, 0.2) is 47.4 Å². The highest BCUT2D eigenvalue weighted by Crippen LogP contribution is 2.19. The zero-order chi connectivity index (χ0) is 20.7. The zero-order valence-corrected chi connectivity index (χ0v) is 17.6. The van der Waals surface area contributed by atoms with Crippen LogP contribution in [-0.2, 0) is 14.8 Å². The van der Waals surface area contributed by atoms with Gasteiger partial charge in [-0.15, -0.1) is 0 Å². The monoisotopic (exact) mass is 404 g/mol. The van der Waals surface area contributed by atoms with Crippen molar-refractivity contribution in [2.75, 3.05) is 13.2 Å². The summed E-state index contributed by atoms with van der Waals surface area (Å²) in [7, 11) is -3.67. The second-order valence-electron chi connectivity index (χ2n) is 6.70. The standard InChI is InChI=1S/C21H28N2O4S/c1-5-27-18-8-10-19(11-9-18)28(25,26)22-13-12-21(24)23-17(4)20-14-15(2)6-7-16(20)3/h6-11,14,17,22H,5,12-13H2,1-4H3,(H,23,24). The molecule has 0 aliphatic carbocycles. The van der Waals surface area contributed by atoms with Gasteiger partial charge in [0.05, 0.1) is 17.5 Å². The molecule has 2 rings (SSSR count). The molecular formula is C21H28N2O4S. The van der Waals surface area contributed by atoms with E-state index in [9.17, 15) is 13.2 Å². The van der Waals surface area contributed by atoms with Gasteiger partial charge in [0.25, 0.3) is 0 Å². The van der Waals surface area contributed by atoms with Crippen LogP contribution in [0.3, 0.4) is 0 Å². The van der Waals surface area contributed by atoms with E-state index < -0.39 is 10.0 Å². The minimum atomic E-state index is -3.67. The SMILES string of the molecule is CCOc1ccc(S(=O)(=O)NCCC(=O)NC(C)c2cc(C)ccc2C)cc1. The molecule has 6 nitrogen and oxygen atoms in total. The van der Waals surface area contributed by atoms with Crippen molar-refractivity contribution in [3.63, 3.8) is 0 Å². The Hall–Kier alpha value is -2.38. The summed E-state index contributed by atoms with van der Waals surface area (Å²) in [4.78, 5) is 12.3. The molecule has 1 atom stereocenters. The van der Waals surface area contributed by atoms with E-state index >= 15 is 0 Å². The van der Waals surface area contributed by atoms with Crippen molar-refractivity contribution in [1.82, 2.24) is 10.0 Å². The average Bonchev–Trinajstić information content (AvgIpc) is 2.64. The van der Waals surface area contributed by atoms with Crippen LogP contribution in [0.4, 0.5) is 0 Å². The summed E-state index contributed by atoms with van der Waals surface area (Å²) in [5.41, 5.74) is 3.29. The van der Waals surface area contributed by atoms with Crippen molar-refractivity contribution in [3.05, 3.63) is 59.2 Å². The number of benzene rings is 2. The van der Waals surface area contributed by atoms with Gasteiger partial charge in [0, 0.05) is 13.0 Å². The Bertz CT molecular complexity index is 909. The molecule has 28 heavy (non-hydrogen) atoms. The van der Waals surface area contributed by atoms with E-state index in [0.717, 1.165) is 16.7 Å². The Balaban J connectivity index is 1.87. The molecule has 0 saturated heterocycles. The zero-order valence-electron chi connectivity index (χ0n) is 16.8. The van der Waals surface area contributed by atoms with Crippen LogP contribution in [0.2, 0.25) is 0 Å². The van der Waals surface area contributed by atoms with Crippen molar-refractivity contribution in [2.24, 2.45) is 0 Å². The van der Waals surface area contributed by atoms with Gasteiger partial charge in [-0.25, -0.2) is 13.1 Å². The van der Waals surface area contributed by atoms with Gasteiger partial charge in [0.15, 0.2) is 0 Å². The number of aryl methyl sites for hydroxylation is 2. The van der Waals surface area contributed by atoms with E-state index in [0.29, 0.717) is 12.4 Å². The molecule has 0 aromatic heterocycles. The van der Waals surface area contributed by atoms with Gasteiger partial charge < -0.3 is 10.1 Å². The third-order valence-corrected chi connectivity index (χ3v) is 5.84. The highest BCUT2D eigenvalue weighted by molar-refractivity contribution is 7.89. The topological polar surface area (TPSA) is 84.5 Å². The lowest BCUT2D eigenvalue weighted by molar-refractivity contribution is -0.121. The molecule has 0 spiro atoms. The number of sulfonamides is 1. The van der Waals surface area contributed by atoms with Crippen molar-refractivity contribution >= 4 is 15.9 Å². The number of ether oxygens (including phenoxy) is 1. The van der Waals surface area contributed by atoms with Gasteiger partial charge >= 0.3 is 0 Å². The maximum atomic E-state index is 12.3. The number of rotatable bonds is 9. The van der Waals surface area contributed by atoms with Crippen molar-refractivity contribution in [1.29, 1.82) is 0 Å². The summed E-state index contributed by atoms with van der Waals surface area (Å²) in [5, 5.41) is 2.92. The first kappa shape index (κ1) is 21.9. The first-order valence-electron chi connectivity index (χ1n) is 9.32. The number of hydrogen-bond acceptors (Lipinski definition) is 4. The lowest BCUT2D eigenvalue weighted by Crippen LogP contribution is -2.32. The molecule has 1 amide bonds. The minimum Gasteiger partial charge on any atom is -0.494 e. The molecular weight excluding hydrogens is 376 g/mol. The van der Waals surface area contributed by atoms with Crippen LogP contribution >= 0.6 is 0 Å². The summed E-state index contributed by atoms with van der Waals surface area (Å²) >= 11 is 0. The van der Waals surface area contributed by atoms with Gasteiger partial charge in [-0.05, 0) is 63.1 Å². The summed E-state index contributed by atoms with van der Waals surface area (Å²) in [5.74, 6) is 0.407. The number of nitrogens with one attached hydrogen (secondary N) is 2. The highest BCUT2D eigenvalue weighted by atomic mass is 32.2. The predicted octanol–water partition coefficient (Wildman–Crippen LogP) is 3.25. The number of carbonyl (C=O) groups is 1. The normalized spacial score (nSPS) is 12.4. The second kappa shape index (κ2) is 9.71. The fourth-order valence-corrected chi connectivity index (χ4v) is 3.91. The molecule has 0 radical (unpaired) electrons. The van der Waals surface area contributed by atoms with Gasteiger partial charge in [0.2, 0.25) is 15.9 Å². The minimum absolute atomic E-state index is 0.0287. The van der Waals surface area contributed by atoms with Crippen LogP contribution in [0.5, 0.6) is 5.75 Å². The summed E-state index contributed by atoms with van der Waals surface area (Å²) in [6.45, 7) is 8.33. The lowest BCUT2D eigenvalue weighted by Gasteiger charge is -2.17. The van der Waals surface area contributed by atoms with E-state index in [1.807, 2.05) is 39.8 Å². The Labute approximate surface area is 167 Å².